The maximum atomic E-state index is 11.8. The second kappa shape index (κ2) is 12.4. The summed E-state index contributed by atoms with van der Waals surface area (Å²) in [6.07, 6.45) is 6.76. The van der Waals surface area contributed by atoms with Crippen molar-refractivity contribution in [2.75, 3.05) is 39.3 Å². The molecule has 0 aliphatic carbocycles. The molecule has 6 heteroatoms. The summed E-state index contributed by atoms with van der Waals surface area (Å²) in [5.41, 5.74) is 0. The Labute approximate surface area is 148 Å². The van der Waals surface area contributed by atoms with Gasteiger partial charge in [-0.15, -0.1) is 24.8 Å². The first-order chi connectivity index (χ1) is 9.78. The number of carbonyl (C=O) groups is 1. The first-order valence-electron chi connectivity index (χ1n) is 8.47. The van der Waals surface area contributed by atoms with E-state index in [0.29, 0.717) is 6.42 Å². The Bertz CT molecular complexity index is 291. The van der Waals surface area contributed by atoms with E-state index in [1.54, 1.807) is 0 Å². The molecule has 0 aromatic heterocycles. The highest BCUT2D eigenvalue weighted by molar-refractivity contribution is 5.85. The van der Waals surface area contributed by atoms with Crippen molar-refractivity contribution in [1.29, 1.82) is 0 Å². The van der Waals surface area contributed by atoms with Crippen molar-refractivity contribution in [3.8, 4) is 0 Å². The molecule has 0 saturated carbocycles. The minimum atomic E-state index is 0. The molecule has 22 heavy (non-hydrogen) atoms. The molecule has 0 aromatic rings. The Balaban J connectivity index is 0.00000220. The number of halogens is 2. The Kier molecular flexibility index (Phi) is 12.4. The van der Waals surface area contributed by atoms with Crippen LogP contribution < -0.4 is 10.6 Å². The molecule has 2 N–H and O–H groups in total. The third kappa shape index (κ3) is 8.00. The second-order valence-electron chi connectivity index (χ2n) is 6.41. The number of amides is 1. The van der Waals surface area contributed by atoms with Gasteiger partial charge in [-0.1, -0.05) is 6.92 Å². The summed E-state index contributed by atoms with van der Waals surface area (Å²) in [5, 5.41) is 6.46. The summed E-state index contributed by atoms with van der Waals surface area (Å²) in [5.74, 6) is 1.79. The fraction of sp³-hybridized carbons (Fsp3) is 0.938. The molecule has 2 rings (SSSR count). The van der Waals surface area contributed by atoms with E-state index in [1.165, 1.54) is 38.9 Å². The van der Waals surface area contributed by atoms with E-state index in [1.807, 2.05) is 0 Å². The van der Waals surface area contributed by atoms with E-state index < -0.39 is 0 Å². The molecule has 1 amide bonds. The number of nitrogens with one attached hydrogen (secondary N) is 2. The third-order valence-electron chi connectivity index (χ3n) is 4.97. The Hall–Kier alpha value is -0.0300. The molecule has 0 bridgehead atoms. The largest absolute Gasteiger partial charge is 0.356 e. The summed E-state index contributed by atoms with van der Waals surface area (Å²) in [6, 6.07) is 0. The van der Waals surface area contributed by atoms with Crippen LogP contribution in [0.1, 0.15) is 45.4 Å². The van der Waals surface area contributed by atoms with Crippen molar-refractivity contribution in [2.45, 2.75) is 45.4 Å². The van der Waals surface area contributed by atoms with Crippen LogP contribution >= 0.6 is 24.8 Å². The van der Waals surface area contributed by atoms with Crippen LogP contribution in [0.3, 0.4) is 0 Å². The van der Waals surface area contributed by atoms with Crippen LogP contribution in [0.15, 0.2) is 0 Å². The van der Waals surface area contributed by atoms with Crippen molar-refractivity contribution in [3.05, 3.63) is 0 Å². The number of nitrogens with zero attached hydrogens (tertiary/aromatic N) is 1. The highest BCUT2D eigenvalue weighted by Crippen LogP contribution is 2.19. The van der Waals surface area contributed by atoms with E-state index in [0.717, 1.165) is 44.3 Å². The van der Waals surface area contributed by atoms with Gasteiger partial charge in [0, 0.05) is 13.0 Å². The van der Waals surface area contributed by atoms with E-state index in [-0.39, 0.29) is 30.7 Å². The molecule has 2 fully saturated rings. The molecule has 2 aliphatic heterocycles. The molecule has 0 radical (unpaired) electrons. The van der Waals surface area contributed by atoms with E-state index >= 15 is 0 Å². The molecule has 2 heterocycles. The number of hydrogen-bond donors (Lipinski definition) is 2. The van der Waals surface area contributed by atoms with Gasteiger partial charge in [0.2, 0.25) is 5.91 Å². The highest BCUT2D eigenvalue weighted by Gasteiger charge is 2.18. The Morgan fingerprint density at radius 1 is 1.14 bits per heavy atom. The lowest BCUT2D eigenvalue weighted by molar-refractivity contribution is -0.121. The van der Waals surface area contributed by atoms with Gasteiger partial charge in [-0.2, -0.15) is 0 Å². The van der Waals surface area contributed by atoms with Gasteiger partial charge in [0.1, 0.15) is 0 Å². The molecule has 0 aromatic carbocycles. The van der Waals surface area contributed by atoms with Crippen LogP contribution in [0.4, 0.5) is 0 Å². The van der Waals surface area contributed by atoms with Crippen molar-refractivity contribution in [2.24, 2.45) is 11.8 Å². The monoisotopic (exact) mass is 353 g/mol. The van der Waals surface area contributed by atoms with Crippen molar-refractivity contribution < 1.29 is 4.79 Å². The SMILES string of the molecule is CCN1CCC(CCNC(=O)CCC2CCNC2)CC1.Cl.Cl. The minimum absolute atomic E-state index is 0. The fourth-order valence-electron chi connectivity index (χ4n) is 3.39. The quantitative estimate of drug-likeness (QED) is 0.738. The maximum Gasteiger partial charge on any atom is 0.220 e. The lowest BCUT2D eigenvalue weighted by atomic mass is 9.93. The summed E-state index contributed by atoms with van der Waals surface area (Å²) < 4.78 is 0. The first-order valence-corrected chi connectivity index (χ1v) is 8.47. The van der Waals surface area contributed by atoms with E-state index in [9.17, 15) is 4.79 Å². The molecular weight excluding hydrogens is 321 g/mol. The average Bonchev–Trinajstić information content (AvgIpc) is 2.99. The van der Waals surface area contributed by atoms with Gasteiger partial charge < -0.3 is 15.5 Å². The standard InChI is InChI=1S/C16H31N3O.2ClH/c1-2-19-11-7-14(8-12-19)6-10-18-16(20)4-3-15-5-9-17-13-15;;/h14-15,17H,2-13H2,1H3,(H,18,20);2*1H. The molecule has 132 valence electrons. The van der Waals surface area contributed by atoms with E-state index in [4.69, 9.17) is 0 Å². The summed E-state index contributed by atoms with van der Waals surface area (Å²) in [6.45, 7) is 9.00. The van der Waals surface area contributed by atoms with Gasteiger partial charge in [0.05, 0.1) is 0 Å². The zero-order valence-electron chi connectivity index (χ0n) is 13.8. The fourth-order valence-corrected chi connectivity index (χ4v) is 3.39. The predicted octanol–water partition coefficient (Wildman–Crippen LogP) is 2.46. The van der Waals surface area contributed by atoms with Gasteiger partial charge >= 0.3 is 0 Å². The highest BCUT2D eigenvalue weighted by atomic mass is 35.5. The number of piperidine rings is 1. The average molecular weight is 354 g/mol. The zero-order valence-corrected chi connectivity index (χ0v) is 15.4. The molecule has 2 aliphatic rings. The molecule has 2 saturated heterocycles. The van der Waals surface area contributed by atoms with Crippen molar-refractivity contribution in [3.63, 3.8) is 0 Å². The van der Waals surface area contributed by atoms with Gasteiger partial charge in [-0.3, -0.25) is 4.79 Å². The normalized spacial score (nSPS) is 22.7. The predicted molar refractivity (Wildman–Crippen MR) is 97.2 cm³/mol. The van der Waals surface area contributed by atoms with Crippen LogP contribution in [-0.2, 0) is 4.79 Å². The third-order valence-corrected chi connectivity index (χ3v) is 4.97. The van der Waals surface area contributed by atoms with Crippen molar-refractivity contribution >= 4 is 30.7 Å². The van der Waals surface area contributed by atoms with Gasteiger partial charge in [-0.25, -0.2) is 0 Å². The number of rotatable bonds is 7. The molecule has 1 atom stereocenters. The number of likely N-dealkylation sites (tertiary alicyclic amines) is 1. The molecule has 4 nitrogen and oxygen atoms in total. The van der Waals surface area contributed by atoms with Crippen LogP contribution in [0, 0.1) is 11.8 Å². The molecule has 0 spiro atoms. The van der Waals surface area contributed by atoms with Crippen LogP contribution in [0.25, 0.3) is 0 Å². The second-order valence-corrected chi connectivity index (χ2v) is 6.41. The van der Waals surface area contributed by atoms with Crippen LogP contribution in [0.2, 0.25) is 0 Å². The zero-order chi connectivity index (χ0) is 14.2. The van der Waals surface area contributed by atoms with Crippen molar-refractivity contribution in [1.82, 2.24) is 15.5 Å². The van der Waals surface area contributed by atoms with Gasteiger partial charge in [0.15, 0.2) is 0 Å². The van der Waals surface area contributed by atoms with E-state index in [2.05, 4.69) is 22.5 Å². The van der Waals surface area contributed by atoms with Gasteiger partial charge in [0.25, 0.3) is 0 Å². The summed E-state index contributed by atoms with van der Waals surface area (Å²) in [7, 11) is 0. The van der Waals surface area contributed by atoms with Gasteiger partial charge in [-0.05, 0) is 76.7 Å². The topological polar surface area (TPSA) is 44.4 Å². The number of carbonyl (C=O) groups excluding carboxylic acids is 1. The molecular formula is C16H33Cl2N3O. The summed E-state index contributed by atoms with van der Waals surface area (Å²) in [4.78, 5) is 14.3. The van der Waals surface area contributed by atoms with Crippen LogP contribution in [-0.4, -0.2) is 50.1 Å². The molecule has 1 unspecified atom stereocenters. The lowest BCUT2D eigenvalue weighted by Crippen LogP contribution is -2.35. The lowest BCUT2D eigenvalue weighted by Gasteiger charge is -2.31. The smallest absolute Gasteiger partial charge is 0.220 e. The maximum absolute atomic E-state index is 11.8. The Morgan fingerprint density at radius 3 is 2.45 bits per heavy atom. The minimum Gasteiger partial charge on any atom is -0.356 e. The Morgan fingerprint density at radius 2 is 1.86 bits per heavy atom. The number of hydrogen-bond acceptors (Lipinski definition) is 3. The first kappa shape index (κ1) is 22.0. The van der Waals surface area contributed by atoms with Crippen LogP contribution in [0.5, 0.6) is 0 Å². The summed E-state index contributed by atoms with van der Waals surface area (Å²) >= 11 is 0.